The van der Waals surface area contributed by atoms with Gasteiger partial charge in [0.05, 0.1) is 12.2 Å². The standard InChI is InChI=1S/C18H24O/c1-2-14-13-17(15-9-5-3-6-10-15)19-18(14)16-11-7-4-8-12-16/h2,4,7-8,11-12,14-15,17-18H,1,3,5-6,9-10,13H2/t14-,17-,18+/m1/s1. The summed E-state index contributed by atoms with van der Waals surface area (Å²) < 4.78 is 6.42. The fourth-order valence-corrected chi connectivity index (χ4v) is 3.73. The molecule has 1 aliphatic carbocycles. The summed E-state index contributed by atoms with van der Waals surface area (Å²) in [6.07, 6.45) is 10.8. The molecule has 0 radical (unpaired) electrons. The number of ether oxygens (including phenoxy) is 1. The lowest BCUT2D eigenvalue weighted by Gasteiger charge is -2.27. The van der Waals surface area contributed by atoms with Gasteiger partial charge in [-0.1, -0.05) is 55.7 Å². The maximum Gasteiger partial charge on any atom is 0.0892 e. The number of rotatable bonds is 3. The molecule has 102 valence electrons. The van der Waals surface area contributed by atoms with Crippen molar-refractivity contribution in [1.82, 2.24) is 0 Å². The number of benzene rings is 1. The van der Waals surface area contributed by atoms with E-state index in [2.05, 4.69) is 43.0 Å². The molecule has 1 aliphatic heterocycles. The second-order valence-electron chi connectivity index (χ2n) is 6.04. The lowest BCUT2D eigenvalue weighted by atomic mass is 9.82. The summed E-state index contributed by atoms with van der Waals surface area (Å²) in [5.74, 6) is 1.26. The van der Waals surface area contributed by atoms with Crippen molar-refractivity contribution in [2.75, 3.05) is 0 Å². The Labute approximate surface area is 116 Å². The first kappa shape index (κ1) is 12.9. The molecule has 2 aliphatic rings. The Bertz CT molecular complexity index is 405. The van der Waals surface area contributed by atoms with Crippen LogP contribution < -0.4 is 0 Å². The van der Waals surface area contributed by atoms with Gasteiger partial charge in [0.15, 0.2) is 0 Å². The van der Waals surface area contributed by atoms with E-state index in [-0.39, 0.29) is 6.10 Å². The minimum absolute atomic E-state index is 0.227. The van der Waals surface area contributed by atoms with E-state index in [9.17, 15) is 0 Å². The summed E-state index contributed by atoms with van der Waals surface area (Å²) in [4.78, 5) is 0. The monoisotopic (exact) mass is 256 g/mol. The average molecular weight is 256 g/mol. The molecular formula is C18H24O. The van der Waals surface area contributed by atoms with Crippen LogP contribution in [0.3, 0.4) is 0 Å². The van der Waals surface area contributed by atoms with Gasteiger partial charge in [-0.3, -0.25) is 0 Å². The lowest BCUT2D eigenvalue weighted by molar-refractivity contribution is -0.00420. The molecule has 1 saturated heterocycles. The Morgan fingerprint density at radius 1 is 1.05 bits per heavy atom. The molecule has 0 aromatic heterocycles. The van der Waals surface area contributed by atoms with Crippen molar-refractivity contribution < 1.29 is 4.74 Å². The molecule has 0 amide bonds. The summed E-state index contributed by atoms with van der Waals surface area (Å²) in [7, 11) is 0. The Kier molecular flexibility index (Phi) is 4.03. The molecule has 0 N–H and O–H groups in total. The van der Waals surface area contributed by atoms with Crippen molar-refractivity contribution in [3.05, 3.63) is 48.6 Å². The molecule has 3 rings (SSSR count). The lowest BCUT2D eigenvalue weighted by Crippen LogP contribution is -2.22. The minimum atomic E-state index is 0.227. The third-order valence-electron chi connectivity index (χ3n) is 4.82. The van der Waals surface area contributed by atoms with E-state index >= 15 is 0 Å². The SMILES string of the molecule is C=C[C@@H]1C[C@H](C2CCCCC2)O[C@@H]1c1ccccc1. The number of hydrogen-bond donors (Lipinski definition) is 0. The normalized spacial score (nSPS) is 32.3. The average Bonchev–Trinajstić information content (AvgIpc) is 2.93. The molecular weight excluding hydrogens is 232 g/mol. The summed E-state index contributed by atoms with van der Waals surface area (Å²) in [6.45, 7) is 4.02. The van der Waals surface area contributed by atoms with Crippen LogP contribution >= 0.6 is 0 Å². The molecule has 1 heterocycles. The zero-order chi connectivity index (χ0) is 13.1. The third kappa shape index (κ3) is 2.76. The highest BCUT2D eigenvalue weighted by Crippen LogP contribution is 2.44. The van der Waals surface area contributed by atoms with Gasteiger partial charge < -0.3 is 4.74 Å². The highest BCUT2D eigenvalue weighted by atomic mass is 16.5. The Balaban J connectivity index is 1.73. The van der Waals surface area contributed by atoms with Gasteiger partial charge in [0.25, 0.3) is 0 Å². The van der Waals surface area contributed by atoms with Crippen LogP contribution in [0.2, 0.25) is 0 Å². The van der Waals surface area contributed by atoms with Crippen molar-refractivity contribution in [3.8, 4) is 0 Å². The summed E-state index contributed by atoms with van der Waals surface area (Å²) in [5.41, 5.74) is 1.31. The zero-order valence-corrected chi connectivity index (χ0v) is 11.6. The third-order valence-corrected chi connectivity index (χ3v) is 4.82. The van der Waals surface area contributed by atoms with Crippen molar-refractivity contribution in [1.29, 1.82) is 0 Å². The predicted octanol–water partition coefficient (Wildman–Crippen LogP) is 4.90. The second-order valence-corrected chi connectivity index (χ2v) is 6.04. The summed E-state index contributed by atoms with van der Waals surface area (Å²) >= 11 is 0. The van der Waals surface area contributed by atoms with Gasteiger partial charge >= 0.3 is 0 Å². The van der Waals surface area contributed by atoms with Crippen LogP contribution in [0.1, 0.15) is 50.2 Å². The molecule has 1 aromatic rings. The van der Waals surface area contributed by atoms with Crippen LogP contribution in [0, 0.1) is 11.8 Å². The highest BCUT2D eigenvalue weighted by Gasteiger charge is 2.38. The maximum absolute atomic E-state index is 6.42. The highest BCUT2D eigenvalue weighted by molar-refractivity contribution is 5.21. The van der Waals surface area contributed by atoms with E-state index < -0.39 is 0 Å². The molecule has 2 fully saturated rings. The molecule has 1 heteroatoms. The van der Waals surface area contributed by atoms with E-state index in [4.69, 9.17) is 4.74 Å². The van der Waals surface area contributed by atoms with E-state index in [1.54, 1.807) is 0 Å². The van der Waals surface area contributed by atoms with Crippen LogP contribution in [-0.4, -0.2) is 6.10 Å². The van der Waals surface area contributed by atoms with Crippen molar-refractivity contribution in [2.24, 2.45) is 11.8 Å². The molecule has 0 bridgehead atoms. The number of hydrogen-bond acceptors (Lipinski definition) is 1. The summed E-state index contributed by atoms with van der Waals surface area (Å²) in [5, 5.41) is 0. The van der Waals surface area contributed by atoms with Crippen molar-refractivity contribution in [2.45, 2.75) is 50.7 Å². The van der Waals surface area contributed by atoms with Crippen LogP contribution in [0.4, 0.5) is 0 Å². The fourth-order valence-electron chi connectivity index (χ4n) is 3.73. The largest absolute Gasteiger partial charge is 0.369 e. The molecule has 19 heavy (non-hydrogen) atoms. The van der Waals surface area contributed by atoms with Gasteiger partial charge in [-0.05, 0) is 30.7 Å². The molecule has 3 atom stereocenters. The van der Waals surface area contributed by atoms with E-state index in [1.165, 1.54) is 37.7 Å². The van der Waals surface area contributed by atoms with E-state index in [1.807, 2.05) is 0 Å². The predicted molar refractivity (Wildman–Crippen MR) is 78.9 cm³/mol. The van der Waals surface area contributed by atoms with E-state index in [0.717, 1.165) is 12.3 Å². The zero-order valence-electron chi connectivity index (χ0n) is 11.6. The molecule has 0 unspecified atom stereocenters. The first-order chi connectivity index (χ1) is 9.38. The quantitative estimate of drug-likeness (QED) is 0.699. The fraction of sp³-hybridized carbons (Fsp3) is 0.556. The van der Waals surface area contributed by atoms with Gasteiger partial charge in [0, 0.05) is 5.92 Å². The smallest absolute Gasteiger partial charge is 0.0892 e. The minimum Gasteiger partial charge on any atom is -0.369 e. The van der Waals surface area contributed by atoms with Crippen LogP contribution in [0.15, 0.2) is 43.0 Å². The Morgan fingerprint density at radius 3 is 2.47 bits per heavy atom. The molecule has 1 aromatic carbocycles. The second kappa shape index (κ2) is 5.92. The van der Waals surface area contributed by atoms with Gasteiger partial charge in [-0.15, -0.1) is 6.58 Å². The van der Waals surface area contributed by atoms with Gasteiger partial charge in [0.2, 0.25) is 0 Å². The topological polar surface area (TPSA) is 9.23 Å². The first-order valence-corrected chi connectivity index (χ1v) is 7.71. The molecule has 1 saturated carbocycles. The van der Waals surface area contributed by atoms with Crippen molar-refractivity contribution >= 4 is 0 Å². The van der Waals surface area contributed by atoms with Gasteiger partial charge in [-0.25, -0.2) is 0 Å². The van der Waals surface area contributed by atoms with Crippen molar-refractivity contribution in [3.63, 3.8) is 0 Å². The molecule has 1 nitrogen and oxygen atoms in total. The Morgan fingerprint density at radius 2 is 1.79 bits per heavy atom. The summed E-state index contributed by atoms with van der Waals surface area (Å²) in [6, 6.07) is 10.6. The van der Waals surface area contributed by atoms with E-state index in [0.29, 0.717) is 12.0 Å². The van der Waals surface area contributed by atoms with Gasteiger partial charge in [-0.2, -0.15) is 0 Å². The first-order valence-electron chi connectivity index (χ1n) is 7.71. The maximum atomic E-state index is 6.42. The van der Waals surface area contributed by atoms with Crippen LogP contribution in [0.5, 0.6) is 0 Å². The molecule has 0 spiro atoms. The Hall–Kier alpha value is -1.08. The van der Waals surface area contributed by atoms with Crippen LogP contribution in [-0.2, 0) is 4.74 Å². The van der Waals surface area contributed by atoms with Crippen LogP contribution in [0.25, 0.3) is 0 Å². The van der Waals surface area contributed by atoms with Gasteiger partial charge in [0.1, 0.15) is 0 Å².